The van der Waals surface area contributed by atoms with Crippen LogP contribution in [0.1, 0.15) is 31.2 Å². The molecule has 3 aromatic rings. The number of fused-ring (bicyclic) bond motifs is 1. The Hall–Kier alpha value is -2.40. The zero-order valence-corrected chi connectivity index (χ0v) is 22.6. The number of halogens is 1. The van der Waals surface area contributed by atoms with E-state index in [1.807, 2.05) is 28.8 Å². The molecule has 8 nitrogen and oxygen atoms in total. The van der Waals surface area contributed by atoms with Crippen LogP contribution in [0.15, 0.2) is 53.7 Å². The smallest absolute Gasteiger partial charge is 0.191 e. The van der Waals surface area contributed by atoms with Gasteiger partial charge in [0.15, 0.2) is 17.4 Å². The van der Waals surface area contributed by atoms with Crippen molar-refractivity contribution >= 4 is 41.3 Å². The quantitative estimate of drug-likeness (QED) is 0.176. The summed E-state index contributed by atoms with van der Waals surface area (Å²) in [7, 11) is 0. The Kier molecular flexibility index (Phi) is 10.4. The van der Waals surface area contributed by atoms with E-state index in [0.717, 1.165) is 69.7 Å². The fourth-order valence-electron chi connectivity index (χ4n) is 4.21. The number of benzene rings is 1. The summed E-state index contributed by atoms with van der Waals surface area (Å²) in [5.41, 5.74) is 3.53. The predicted octanol–water partition coefficient (Wildman–Crippen LogP) is 3.31. The Morgan fingerprint density at radius 1 is 1.00 bits per heavy atom. The fraction of sp³-hybridized carbons (Fsp3) is 0.480. The van der Waals surface area contributed by atoms with Gasteiger partial charge in [-0.2, -0.15) is 0 Å². The molecule has 0 atom stereocenters. The minimum Gasteiger partial charge on any atom is -0.369 e. The number of aryl methyl sites for hydroxylation is 1. The van der Waals surface area contributed by atoms with Gasteiger partial charge in [0.25, 0.3) is 0 Å². The van der Waals surface area contributed by atoms with E-state index in [0.29, 0.717) is 6.54 Å². The number of rotatable bonds is 9. The van der Waals surface area contributed by atoms with Crippen LogP contribution in [0.2, 0.25) is 0 Å². The van der Waals surface area contributed by atoms with Crippen molar-refractivity contribution in [2.45, 2.75) is 33.2 Å². The Morgan fingerprint density at radius 2 is 1.85 bits per heavy atom. The number of anilines is 1. The maximum Gasteiger partial charge on any atom is 0.191 e. The molecule has 2 aromatic heterocycles. The summed E-state index contributed by atoms with van der Waals surface area (Å²) in [4.78, 5) is 9.78. The predicted molar refractivity (Wildman–Crippen MR) is 150 cm³/mol. The highest BCUT2D eigenvalue weighted by Crippen LogP contribution is 2.17. The summed E-state index contributed by atoms with van der Waals surface area (Å²) in [6.45, 7) is 12.1. The van der Waals surface area contributed by atoms with Gasteiger partial charge < -0.3 is 15.5 Å². The highest BCUT2D eigenvalue weighted by atomic mass is 127. The number of unbranched alkanes of at least 4 members (excludes halogenated alkanes) is 1. The number of hydrogen-bond donors (Lipinski definition) is 2. The second-order valence-electron chi connectivity index (χ2n) is 8.54. The number of nitrogens with one attached hydrogen (secondary N) is 2. The van der Waals surface area contributed by atoms with Gasteiger partial charge >= 0.3 is 0 Å². The van der Waals surface area contributed by atoms with E-state index in [-0.39, 0.29) is 24.0 Å². The van der Waals surface area contributed by atoms with Crippen LogP contribution in [-0.4, -0.2) is 71.3 Å². The summed E-state index contributed by atoms with van der Waals surface area (Å²) in [6, 6.07) is 14.7. The summed E-state index contributed by atoms with van der Waals surface area (Å²) < 4.78 is 1.98. The van der Waals surface area contributed by atoms with E-state index in [1.54, 1.807) is 0 Å². The van der Waals surface area contributed by atoms with Gasteiger partial charge in [-0.3, -0.25) is 9.30 Å². The highest BCUT2D eigenvalue weighted by molar-refractivity contribution is 14.0. The first-order valence-corrected chi connectivity index (χ1v) is 12.1. The summed E-state index contributed by atoms with van der Waals surface area (Å²) in [5, 5.41) is 15.2. The number of hydrogen-bond acceptors (Lipinski definition) is 5. The molecule has 0 radical (unpaired) electrons. The number of guanidine groups is 1. The van der Waals surface area contributed by atoms with Gasteiger partial charge in [-0.05, 0) is 63.1 Å². The van der Waals surface area contributed by atoms with E-state index in [4.69, 9.17) is 4.99 Å². The third kappa shape index (κ3) is 7.30. The molecule has 1 aliphatic heterocycles. The average Bonchev–Trinajstić information content (AvgIpc) is 3.26. The minimum atomic E-state index is 0. The van der Waals surface area contributed by atoms with E-state index in [2.05, 4.69) is 68.7 Å². The second-order valence-corrected chi connectivity index (χ2v) is 8.54. The summed E-state index contributed by atoms with van der Waals surface area (Å²) >= 11 is 0. The molecule has 0 saturated carbocycles. The van der Waals surface area contributed by atoms with Crippen LogP contribution in [0, 0.1) is 6.92 Å². The molecule has 1 saturated heterocycles. The maximum atomic E-state index is 4.69. The molecule has 0 bridgehead atoms. The lowest BCUT2D eigenvalue weighted by Gasteiger charge is -2.36. The minimum absolute atomic E-state index is 0. The van der Waals surface area contributed by atoms with E-state index >= 15 is 0 Å². The molecule has 1 fully saturated rings. The Balaban J connectivity index is 0.00000324. The molecule has 4 rings (SSSR count). The number of pyridine rings is 1. The largest absolute Gasteiger partial charge is 0.369 e. The van der Waals surface area contributed by atoms with Gasteiger partial charge in [-0.25, -0.2) is 4.99 Å². The molecule has 1 aliphatic rings. The standard InChI is InChI=1S/C25H36N8.HI/c1-3-26-25(28-20-24-30-29-23-11-4-6-14-33(23)24)27-12-5-7-13-31-15-17-32(18-16-31)22-10-8-9-21(2)19-22;/h4,6,8-11,14,19H,3,5,7,12-13,15-18,20H2,1-2H3,(H2,26,27,28);1H. The van der Waals surface area contributed by atoms with Gasteiger partial charge in [0, 0.05) is 51.2 Å². The van der Waals surface area contributed by atoms with Gasteiger partial charge in [0.2, 0.25) is 0 Å². The number of piperazine rings is 1. The Morgan fingerprint density at radius 3 is 2.65 bits per heavy atom. The molecule has 0 spiro atoms. The maximum absolute atomic E-state index is 4.69. The summed E-state index contributed by atoms with van der Waals surface area (Å²) in [6.07, 6.45) is 4.28. The van der Waals surface area contributed by atoms with E-state index < -0.39 is 0 Å². The van der Waals surface area contributed by atoms with Crippen LogP contribution in [0.5, 0.6) is 0 Å². The first-order valence-electron chi connectivity index (χ1n) is 12.1. The average molecular weight is 577 g/mol. The van der Waals surface area contributed by atoms with Gasteiger partial charge in [-0.15, -0.1) is 34.2 Å². The van der Waals surface area contributed by atoms with Crippen molar-refractivity contribution < 1.29 is 0 Å². The van der Waals surface area contributed by atoms with Crippen LogP contribution in [0.3, 0.4) is 0 Å². The molecular formula is C25H37IN8. The van der Waals surface area contributed by atoms with Crippen molar-refractivity contribution in [2.24, 2.45) is 4.99 Å². The molecule has 1 aromatic carbocycles. The number of nitrogens with zero attached hydrogens (tertiary/aromatic N) is 6. The molecule has 3 heterocycles. The fourth-order valence-corrected chi connectivity index (χ4v) is 4.21. The Bertz CT molecular complexity index is 1040. The van der Waals surface area contributed by atoms with Crippen molar-refractivity contribution in [3.63, 3.8) is 0 Å². The van der Waals surface area contributed by atoms with Gasteiger partial charge in [0.1, 0.15) is 6.54 Å². The third-order valence-corrected chi connectivity index (χ3v) is 6.04. The molecule has 0 unspecified atom stereocenters. The number of aromatic nitrogens is 3. The molecule has 0 aliphatic carbocycles. The monoisotopic (exact) mass is 576 g/mol. The second kappa shape index (κ2) is 13.5. The summed E-state index contributed by atoms with van der Waals surface area (Å²) in [5.74, 6) is 1.67. The zero-order valence-electron chi connectivity index (χ0n) is 20.3. The molecule has 34 heavy (non-hydrogen) atoms. The first kappa shape index (κ1) is 26.2. The van der Waals surface area contributed by atoms with Gasteiger partial charge in [0.05, 0.1) is 0 Å². The van der Waals surface area contributed by atoms with Crippen LogP contribution >= 0.6 is 24.0 Å². The first-order chi connectivity index (χ1) is 16.2. The van der Waals surface area contributed by atoms with E-state index in [9.17, 15) is 0 Å². The molecular weight excluding hydrogens is 539 g/mol. The van der Waals surface area contributed by atoms with Crippen LogP contribution in [-0.2, 0) is 6.54 Å². The lowest BCUT2D eigenvalue weighted by Crippen LogP contribution is -2.46. The normalized spacial score (nSPS) is 14.8. The van der Waals surface area contributed by atoms with E-state index in [1.165, 1.54) is 17.7 Å². The van der Waals surface area contributed by atoms with Crippen LogP contribution in [0.4, 0.5) is 5.69 Å². The SMILES string of the molecule is CCNC(=NCc1nnc2ccccn12)NCCCCN1CCN(c2cccc(C)c2)CC1.I. The third-order valence-electron chi connectivity index (χ3n) is 6.04. The van der Waals surface area contributed by atoms with Crippen molar-refractivity contribution in [2.75, 3.05) is 50.7 Å². The van der Waals surface area contributed by atoms with Crippen LogP contribution in [0.25, 0.3) is 5.65 Å². The molecule has 2 N–H and O–H groups in total. The van der Waals surface area contributed by atoms with Gasteiger partial charge in [-0.1, -0.05) is 18.2 Å². The Labute approximate surface area is 219 Å². The lowest BCUT2D eigenvalue weighted by atomic mass is 10.2. The molecule has 9 heteroatoms. The van der Waals surface area contributed by atoms with Crippen molar-refractivity contribution in [1.29, 1.82) is 0 Å². The molecule has 184 valence electrons. The lowest BCUT2D eigenvalue weighted by molar-refractivity contribution is 0.253. The highest BCUT2D eigenvalue weighted by Gasteiger charge is 2.16. The number of aliphatic imine (C=N–C) groups is 1. The van der Waals surface area contributed by atoms with Crippen molar-refractivity contribution in [1.82, 2.24) is 30.1 Å². The topological polar surface area (TPSA) is 73.1 Å². The zero-order chi connectivity index (χ0) is 22.9. The van der Waals surface area contributed by atoms with Crippen molar-refractivity contribution in [3.05, 3.63) is 60.0 Å². The van der Waals surface area contributed by atoms with Crippen molar-refractivity contribution in [3.8, 4) is 0 Å². The van der Waals surface area contributed by atoms with Crippen LogP contribution < -0.4 is 15.5 Å². The molecule has 0 amide bonds.